The van der Waals surface area contributed by atoms with Crippen LogP contribution in [0.25, 0.3) is 33.6 Å². The smallest absolute Gasteiger partial charge is 0.203 e. The Kier molecular flexibility index (Phi) is 5.80. The highest BCUT2D eigenvalue weighted by atomic mass is 16.5. The van der Waals surface area contributed by atoms with Gasteiger partial charge in [0.25, 0.3) is 0 Å². The molecule has 0 spiro atoms. The first-order chi connectivity index (χ1) is 15.2. The number of hydrogen-bond acceptors (Lipinski definition) is 6. The van der Waals surface area contributed by atoms with E-state index in [1.807, 2.05) is 48.5 Å². The maximum absolute atomic E-state index is 5.60. The maximum Gasteiger partial charge on any atom is 0.203 e. The molecule has 0 radical (unpaired) electrons. The van der Waals surface area contributed by atoms with Crippen molar-refractivity contribution in [3.05, 3.63) is 66.9 Å². The molecule has 0 aliphatic heterocycles. The van der Waals surface area contributed by atoms with Crippen LogP contribution in [-0.4, -0.2) is 33.6 Å². The van der Waals surface area contributed by atoms with Crippen LogP contribution in [-0.2, 0) is 0 Å². The highest BCUT2D eigenvalue weighted by Gasteiger charge is 2.19. The lowest BCUT2D eigenvalue weighted by Crippen LogP contribution is -1.95. The number of benzene rings is 3. The fourth-order valence-electron chi connectivity index (χ4n) is 3.49. The van der Waals surface area contributed by atoms with Crippen LogP contribution in [0.5, 0.6) is 23.0 Å². The lowest BCUT2D eigenvalue weighted by Gasteiger charge is -2.13. The van der Waals surface area contributed by atoms with Crippen LogP contribution in [0.4, 0.5) is 0 Å². The summed E-state index contributed by atoms with van der Waals surface area (Å²) in [5.41, 5.74) is 4.86. The lowest BCUT2D eigenvalue weighted by molar-refractivity contribution is 0.324. The van der Waals surface area contributed by atoms with Crippen LogP contribution in [0.2, 0.25) is 0 Å². The van der Waals surface area contributed by atoms with Gasteiger partial charge in [0.15, 0.2) is 17.3 Å². The minimum absolute atomic E-state index is 0.527. The molecule has 0 amide bonds. The van der Waals surface area contributed by atoms with E-state index in [0.29, 0.717) is 23.0 Å². The second kappa shape index (κ2) is 8.83. The third-order valence-corrected chi connectivity index (χ3v) is 5.12. The van der Waals surface area contributed by atoms with Gasteiger partial charge >= 0.3 is 0 Å². The molecule has 0 aliphatic carbocycles. The molecular weight excluding hydrogens is 394 g/mol. The molecule has 6 nitrogen and oxygen atoms in total. The fraction of sp³-hybridized carbons (Fsp3) is 0.160. The second-order valence-corrected chi connectivity index (χ2v) is 6.79. The van der Waals surface area contributed by atoms with Gasteiger partial charge in [-0.25, -0.2) is 0 Å². The molecule has 1 heterocycles. The Bertz CT molecular complexity index is 1140. The summed E-state index contributed by atoms with van der Waals surface area (Å²) in [4.78, 5) is 0. The Balaban J connectivity index is 1.70. The van der Waals surface area contributed by atoms with Crippen LogP contribution in [0.1, 0.15) is 0 Å². The van der Waals surface area contributed by atoms with Crippen molar-refractivity contribution >= 4 is 0 Å². The molecule has 4 aromatic rings. The van der Waals surface area contributed by atoms with Gasteiger partial charge in [-0.2, -0.15) is 0 Å². The Hall–Kier alpha value is -3.93. The summed E-state index contributed by atoms with van der Waals surface area (Å²) in [6.07, 6.45) is 1.71. The van der Waals surface area contributed by atoms with Gasteiger partial charge in [-0.15, -0.1) is 0 Å². The normalized spacial score (nSPS) is 10.6. The molecule has 6 heteroatoms. The molecule has 0 unspecified atom stereocenters. The van der Waals surface area contributed by atoms with Crippen molar-refractivity contribution in [3.63, 3.8) is 0 Å². The molecule has 0 atom stereocenters. The van der Waals surface area contributed by atoms with Crippen molar-refractivity contribution in [2.45, 2.75) is 0 Å². The monoisotopic (exact) mass is 417 g/mol. The SMILES string of the molecule is COc1ccc(-c2ccc(-c3cnoc3-c3cc(OC)c(OC)c(OC)c3)cc2)cc1. The molecule has 0 bridgehead atoms. The summed E-state index contributed by atoms with van der Waals surface area (Å²) < 4.78 is 27.2. The van der Waals surface area contributed by atoms with Crippen molar-refractivity contribution in [2.75, 3.05) is 28.4 Å². The van der Waals surface area contributed by atoms with Gasteiger partial charge in [0, 0.05) is 11.1 Å². The zero-order chi connectivity index (χ0) is 21.8. The predicted octanol–water partition coefficient (Wildman–Crippen LogP) is 5.71. The molecule has 0 saturated heterocycles. The summed E-state index contributed by atoms with van der Waals surface area (Å²) in [5, 5.41) is 4.03. The van der Waals surface area contributed by atoms with Crippen molar-refractivity contribution < 1.29 is 23.5 Å². The number of aromatic nitrogens is 1. The van der Waals surface area contributed by atoms with E-state index in [0.717, 1.165) is 33.6 Å². The number of hydrogen-bond donors (Lipinski definition) is 0. The molecule has 0 fully saturated rings. The molecule has 3 aromatic carbocycles. The van der Waals surface area contributed by atoms with Crippen molar-refractivity contribution in [1.29, 1.82) is 0 Å². The summed E-state index contributed by atoms with van der Waals surface area (Å²) in [5.74, 6) is 3.08. The van der Waals surface area contributed by atoms with Gasteiger partial charge in [0.05, 0.1) is 34.6 Å². The van der Waals surface area contributed by atoms with Gasteiger partial charge in [0.2, 0.25) is 5.75 Å². The van der Waals surface area contributed by atoms with Crippen molar-refractivity contribution in [2.24, 2.45) is 0 Å². The Morgan fingerprint density at radius 2 is 1.16 bits per heavy atom. The van der Waals surface area contributed by atoms with Crippen molar-refractivity contribution in [3.8, 4) is 56.6 Å². The third-order valence-electron chi connectivity index (χ3n) is 5.12. The molecule has 31 heavy (non-hydrogen) atoms. The van der Waals surface area contributed by atoms with Gasteiger partial charge in [-0.1, -0.05) is 41.6 Å². The van der Waals surface area contributed by atoms with Crippen molar-refractivity contribution in [1.82, 2.24) is 5.16 Å². The van der Waals surface area contributed by atoms with E-state index in [1.54, 1.807) is 34.6 Å². The third kappa shape index (κ3) is 3.92. The number of ether oxygens (including phenoxy) is 4. The average Bonchev–Trinajstić information content (AvgIpc) is 3.33. The molecule has 4 rings (SSSR count). The zero-order valence-corrected chi connectivity index (χ0v) is 17.8. The number of methoxy groups -OCH3 is 4. The van der Waals surface area contributed by atoms with E-state index in [4.69, 9.17) is 23.5 Å². The minimum atomic E-state index is 0.527. The van der Waals surface area contributed by atoms with Gasteiger partial charge in [-0.3, -0.25) is 0 Å². The highest BCUT2D eigenvalue weighted by Crippen LogP contribution is 2.43. The first-order valence-electron chi connectivity index (χ1n) is 9.68. The van der Waals surface area contributed by atoms with Gasteiger partial charge in [-0.05, 0) is 41.0 Å². The summed E-state index contributed by atoms with van der Waals surface area (Å²) in [7, 11) is 6.40. The Morgan fingerprint density at radius 1 is 0.613 bits per heavy atom. The van der Waals surface area contributed by atoms with E-state index in [9.17, 15) is 0 Å². The van der Waals surface area contributed by atoms with E-state index >= 15 is 0 Å². The Labute approximate surface area is 180 Å². The standard InChI is InChI=1S/C25H23NO5/c1-27-20-11-9-17(10-12-20)16-5-7-18(8-6-16)21-15-26-31-24(21)19-13-22(28-2)25(30-4)23(14-19)29-3/h5-15H,1-4H3. The zero-order valence-electron chi connectivity index (χ0n) is 17.8. The number of nitrogens with zero attached hydrogens (tertiary/aromatic N) is 1. The molecular formula is C25H23NO5. The second-order valence-electron chi connectivity index (χ2n) is 6.79. The predicted molar refractivity (Wildman–Crippen MR) is 119 cm³/mol. The van der Waals surface area contributed by atoms with Gasteiger partial charge < -0.3 is 23.5 Å². The topological polar surface area (TPSA) is 63.0 Å². The number of rotatable bonds is 7. The van der Waals surface area contributed by atoms with Crippen LogP contribution >= 0.6 is 0 Å². The summed E-state index contributed by atoms with van der Waals surface area (Å²) in [6.45, 7) is 0. The van der Waals surface area contributed by atoms with E-state index < -0.39 is 0 Å². The maximum atomic E-state index is 5.60. The van der Waals surface area contributed by atoms with Crippen LogP contribution in [0, 0.1) is 0 Å². The molecule has 0 saturated carbocycles. The summed E-state index contributed by atoms with van der Waals surface area (Å²) in [6, 6.07) is 19.9. The van der Waals surface area contributed by atoms with E-state index in [1.165, 1.54) is 0 Å². The van der Waals surface area contributed by atoms with E-state index in [2.05, 4.69) is 17.3 Å². The van der Waals surface area contributed by atoms with E-state index in [-0.39, 0.29) is 0 Å². The van der Waals surface area contributed by atoms with Crippen LogP contribution < -0.4 is 18.9 Å². The molecule has 0 aliphatic rings. The van der Waals surface area contributed by atoms with Crippen LogP contribution in [0.15, 0.2) is 71.4 Å². The van der Waals surface area contributed by atoms with Crippen LogP contribution in [0.3, 0.4) is 0 Å². The highest BCUT2D eigenvalue weighted by molar-refractivity contribution is 5.82. The first kappa shape index (κ1) is 20.3. The fourth-order valence-corrected chi connectivity index (χ4v) is 3.49. The Morgan fingerprint density at radius 3 is 1.68 bits per heavy atom. The molecule has 1 aromatic heterocycles. The molecule has 158 valence electrons. The quantitative estimate of drug-likeness (QED) is 0.384. The lowest BCUT2D eigenvalue weighted by atomic mass is 9.98. The molecule has 0 N–H and O–H groups in total. The van der Waals surface area contributed by atoms with Gasteiger partial charge in [0.1, 0.15) is 5.75 Å². The average molecular weight is 417 g/mol. The minimum Gasteiger partial charge on any atom is -0.497 e. The first-order valence-corrected chi connectivity index (χ1v) is 9.68. The summed E-state index contributed by atoms with van der Waals surface area (Å²) >= 11 is 0. The largest absolute Gasteiger partial charge is 0.497 e.